The van der Waals surface area contributed by atoms with Gasteiger partial charge in [-0.05, 0) is 26.0 Å². The molecule has 0 heterocycles. The molecule has 0 aliphatic carbocycles. The van der Waals surface area contributed by atoms with E-state index in [-0.39, 0.29) is 17.4 Å². The van der Waals surface area contributed by atoms with Gasteiger partial charge in [0.05, 0.1) is 12.7 Å². The van der Waals surface area contributed by atoms with Crippen LogP contribution in [0.15, 0.2) is 18.2 Å². The Morgan fingerprint density at radius 2 is 1.81 bits per heavy atom. The molecular formula is C13H16FN3O4. The summed E-state index contributed by atoms with van der Waals surface area (Å²) in [6.45, 7) is 3.35. The molecule has 21 heavy (non-hydrogen) atoms. The maximum atomic E-state index is 13.6. The Kier molecular flexibility index (Phi) is 5.65. The molecule has 1 aromatic carbocycles. The second kappa shape index (κ2) is 7.22. The van der Waals surface area contributed by atoms with Crippen molar-refractivity contribution in [1.82, 2.24) is 16.2 Å². The maximum Gasteiger partial charge on any atom is 0.327 e. The van der Waals surface area contributed by atoms with E-state index >= 15 is 0 Å². The molecule has 0 aromatic heterocycles. The number of halogens is 1. The number of methoxy groups -OCH3 is 1. The third-order valence-corrected chi connectivity index (χ3v) is 2.34. The number of carbonyl (C=O) groups excluding carboxylic acids is 3. The Morgan fingerprint density at radius 3 is 2.33 bits per heavy atom. The van der Waals surface area contributed by atoms with Crippen LogP contribution in [0.2, 0.25) is 0 Å². The fraction of sp³-hybridized carbons (Fsp3) is 0.308. The first kappa shape index (κ1) is 16.4. The monoisotopic (exact) mass is 297 g/mol. The lowest BCUT2D eigenvalue weighted by molar-refractivity contribution is -0.139. The van der Waals surface area contributed by atoms with Crippen molar-refractivity contribution in [2.75, 3.05) is 7.11 Å². The van der Waals surface area contributed by atoms with Gasteiger partial charge in [0.2, 0.25) is 0 Å². The zero-order valence-electron chi connectivity index (χ0n) is 11.8. The van der Waals surface area contributed by atoms with Crippen LogP contribution in [0.5, 0.6) is 5.75 Å². The summed E-state index contributed by atoms with van der Waals surface area (Å²) in [5.74, 6) is -3.40. The Bertz CT molecular complexity index is 560. The number of nitrogens with one attached hydrogen (secondary N) is 3. The van der Waals surface area contributed by atoms with Gasteiger partial charge in [0.25, 0.3) is 5.91 Å². The highest BCUT2D eigenvalue weighted by molar-refractivity contribution is 6.35. The molecule has 1 rings (SSSR count). The van der Waals surface area contributed by atoms with E-state index in [1.54, 1.807) is 13.8 Å². The number of hydrogen-bond acceptors (Lipinski definition) is 4. The lowest BCUT2D eigenvalue weighted by Crippen LogP contribution is -2.49. The van der Waals surface area contributed by atoms with Crippen molar-refractivity contribution < 1.29 is 23.5 Å². The average Bonchev–Trinajstić information content (AvgIpc) is 2.43. The predicted octanol–water partition coefficient (Wildman–Crippen LogP) is 0.120. The number of amides is 3. The van der Waals surface area contributed by atoms with Crippen LogP contribution in [0.25, 0.3) is 0 Å². The summed E-state index contributed by atoms with van der Waals surface area (Å²) in [6.07, 6.45) is 0. The zero-order chi connectivity index (χ0) is 16.0. The predicted molar refractivity (Wildman–Crippen MR) is 71.8 cm³/mol. The number of ether oxygens (including phenoxy) is 1. The Morgan fingerprint density at radius 1 is 1.14 bits per heavy atom. The zero-order valence-corrected chi connectivity index (χ0v) is 11.8. The van der Waals surface area contributed by atoms with Crippen molar-refractivity contribution in [2.24, 2.45) is 0 Å². The first-order valence-corrected chi connectivity index (χ1v) is 6.10. The standard InChI is InChI=1S/C13H16FN3O4/c1-7(2)15-12(19)13(20)17-16-11(18)9-5-4-8(21-3)6-10(9)14/h4-7H,1-3H3,(H,15,19)(H,16,18)(H,17,20). The quantitative estimate of drug-likeness (QED) is 0.545. The van der Waals surface area contributed by atoms with Gasteiger partial charge in [0.1, 0.15) is 11.6 Å². The van der Waals surface area contributed by atoms with Crippen molar-refractivity contribution in [3.8, 4) is 5.75 Å². The SMILES string of the molecule is COc1ccc(C(=O)NNC(=O)C(=O)NC(C)C)c(F)c1. The molecule has 0 atom stereocenters. The molecule has 1 aromatic rings. The third kappa shape index (κ3) is 4.75. The molecule has 3 amide bonds. The molecule has 0 bridgehead atoms. The van der Waals surface area contributed by atoms with Gasteiger partial charge >= 0.3 is 11.8 Å². The summed E-state index contributed by atoms with van der Waals surface area (Å²) in [5, 5.41) is 2.34. The van der Waals surface area contributed by atoms with Crippen molar-refractivity contribution in [3.63, 3.8) is 0 Å². The summed E-state index contributed by atoms with van der Waals surface area (Å²) in [6, 6.07) is 3.40. The summed E-state index contributed by atoms with van der Waals surface area (Å²) in [7, 11) is 1.36. The van der Waals surface area contributed by atoms with Gasteiger partial charge in [0.15, 0.2) is 0 Å². The van der Waals surface area contributed by atoms with E-state index in [4.69, 9.17) is 4.74 Å². The normalized spacial score (nSPS) is 9.95. The molecular weight excluding hydrogens is 281 g/mol. The summed E-state index contributed by atoms with van der Waals surface area (Å²) in [4.78, 5) is 34.3. The van der Waals surface area contributed by atoms with E-state index in [0.29, 0.717) is 0 Å². The highest BCUT2D eigenvalue weighted by Gasteiger charge is 2.17. The topological polar surface area (TPSA) is 96.5 Å². The molecule has 0 fully saturated rings. The van der Waals surface area contributed by atoms with Crippen LogP contribution >= 0.6 is 0 Å². The highest BCUT2D eigenvalue weighted by atomic mass is 19.1. The molecule has 0 unspecified atom stereocenters. The minimum absolute atomic E-state index is 0.224. The summed E-state index contributed by atoms with van der Waals surface area (Å²) in [5.41, 5.74) is 3.55. The summed E-state index contributed by atoms with van der Waals surface area (Å²) < 4.78 is 18.4. The second-order valence-electron chi connectivity index (χ2n) is 4.38. The minimum atomic E-state index is -1.05. The highest BCUT2D eigenvalue weighted by Crippen LogP contribution is 2.15. The molecule has 0 spiro atoms. The third-order valence-electron chi connectivity index (χ3n) is 2.34. The van der Waals surface area contributed by atoms with Gasteiger partial charge in [-0.2, -0.15) is 0 Å². The van der Waals surface area contributed by atoms with E-state index in [0.717, 1.165) is 6.07 Å². The van der Waals surface area contributed by atoms with E-state index in [1.807, 2.05) is 10.9 Å². The Hall–Kier alpha value is -2.64. The van der Waals surface area contributed by atoms with Gasteiger partial charge in [-0.25, -0.2) is 4.39 Å². The second-order valence-corrected chi connectivity index (χ2v) is 4.38. The van der Waals surface area contributed by atoms with Crippen molar-refractivity contribution in [3.05, 3.63) is 29.6 Å². The number of carbonyl (C=O) groups is 3. The van der Waals surface area contributed by atoms with Crippen molar-refractivity contribution >= 4 is 17.7 Å². The van der Waals surface area contributed by atoms with E-state index in [2.05, 4.69) is 5.32 Å². The van der Waals surface area contributed by atoms with Crippen molar-refractivity contribution in [1.29, 1.82) is 0 Å². The molecule has 0 radical (unpaired) electrons. The Balaban J connectivity index is 2.62. The lowest BCUT2D eigenvalue weighted by atomic mass is 10.2. The molecule has 0 aliphatic rings. The number of rotatable bonds is 3. The van der Waals surface area contributed by atoms with Gasteiger partial charge in [-0.15, -0.1) is 0 Å². The Labute approximate surface area is 120 Å². The van der Waals surface area contributed by atoms with Crippen LogP contribution in [0.1, 0.15) is 24.2 Å². The molecule has 0 saturated carbocycles. The first-order valence-electron chi connectivity index (χ1n) is 6.10. The van der Waals surface area contributed by atoms with Gasteiger partial charge < -0.3 is 10.1 Å². The van der Waals surface area contributed by atoms with Crippen LogP contribution in [-0.2, 0) is 9.59 Å². The van der Waals surface area contributed by atoms with Crippen LogP contribution in [0.4, 0.5) is 4.39 Å². The minimum Gasteiger partial charge on any atom is -0.497 e. The molecule has 3 N–H and O–H groups in total. The molecule has 8 heteroatoms. The van der Waals surface area contributed by atoms with Gasteiger partial charge in [-0.3, -0.25) is 25.2 Å². The van der Waals surface area contributed by atoms with Crippen molar-refractivity contribution in [2.45, 2.75) is 19.9 Å². The molecule has 114 valence electrons. The molecule has 7 nitrogen and oxygen atoms in total. The first-order chi connectivity index (χ1) is 9.85. The van der Waals surface area contributed by atoms with Gasteiger partial charge in [-0.1, -0.05) is 0 Å². The largest absolute Gasteiger partial charge is 0.497 e. The summed E-state index contributed by atoms with van der Waals surface area (Å²) >= 11 is 0. The van der Waals surface area contributed by atoms with E-state index < -0.39 is 23.5 Å². The number of hydrazine groups is 1. The number of hydrogen-bond donors (Lipinski definition) is 3. The smallest absolute Gasteiger partial charge is 0.327 e. The van der Waals surface area contributed by atoms with Crippen LogP contribution < -0.4 is 20.9 Å². The molecule has 0 aliphatic heterocycles. The van der Waals surface area contributed by atoms with E-state index in [9.17, 15) is 18.8 Å². The van der Waals surface area contributed by atoms with Crippen LogP contribution in [0.3, 0.4) is 0 Å². The molecule has 0 saturated heterocycles. The van der Waals surface area contributed by atoms with Gasteiger partial charge in [0, 0.05) is 12.1 Å². The average molecular weight is 297 g/mol. The van der Waals surface area contributed by atoms with Crippen LogP contribution in [0, 0.1) is 5.82 Å². The number of benzene rings is 1. The lowest BCUT2D eigenvalue weighted by Gasteiger charge is -2.10. The van der Waals surface area contributed by atoms with E-state index in [1.165, 1.54) is 19.2 Å². The fourth-order valence-corrected chi connectivity index (χ4v) is 1.37. The maximum absolute atomic E-state index is 13.6. The fourth-order valence-electron chi connectivity index (χ4n) is 1.37. The van der Waals surface area contributed by atoms with Crippen LogP contribution in [-0.4, -0.2) is 30.9 Å².